The number of rotatable bonds is 8. The van der Waals surface area contributed by atoms with Gasteiger partial charge in [0.05, 0.1) is 10.6 Å². The molecule has 33 heavy (non-hydrogen) atoms. The van der Waals surface area contributed by atoms with Gasteiger partial charge in [-0.25, -0.2) is 26.9 Å². The fourth-order valence-corrected chi connectivity index (χ4v) is 4.47. The first kappa shape index (κ1) is 23.2. The third kappa shape index (κ3) is 5.00. The molecular weight excluding hydrogens is 471 g/mol. The summed E-state index contributed by atoms with van der Waals surface area (Å²) in [6.45, 7) is 0.447. The van der Waals surface area contributed by atoms with Crippen molar-refractivity contribution in [3.8, 4) is 11.3 Å². The van der Waals surface area contributed by atoms with Crippen LogP contribution in [0.2, 0.25) is 5.02 Å². The van der Waals surface area contributed by atoms with Crippen LogP contribution >= 0.6 is 11.6 Å². The molecule has 2 aromatic carbocycles. The van der Waals surface area contributed by atoms with Crippen LogP contribution in [-0.2, 0) is 10.0 Å². The zero-order valence-corrected chi connectivity index (χ0v) is 18.7. The quantitative estimate of drug-likeness (QED) is 0.295. The molecule has 0 aliphatic heterocycles. The Kier molecular flexibility index (Phi) is 6.64. The first-order chi connectivity index (χ1) is 15.8. The van der Waals surface area contributed by atoms with Crippen LogP contribution in [0.3, 0.4) is 0 Å². The van der Waals surface area contributed by atoms with Crippen LogP contribution in [0.15, 0.2) is 59.6 Å². The van der Waals surface area contributed by atoms with E-state index < -0.39 is 21.7 Å². The third-order valence-electron chi connectivity index (χ3n) is 4.80. The normalized spacial score (nSPS) is 11.7. The molecule has 0 fully saturated rings. The van der Waals surface area contributed by atoms with Crippen molar-refractivity contribution >= 4 is 46.4 Å². The van der Waals surface area contributed by atoms with Crippen molar-refractivity contribution in [3.05, 3.63) is 71.4 Å². The predicted molar refractivity (Wildman–Crippen MR) is 123 cm³/mol. The molecule has 0 bridgehead atoms. The van der Waals surface area contributed by atoms with E-state index in [-0.39, 0.29) is 11.4 Å². The highest BCUT2D eigenvalue weighted by molar-refractivity contribution is 7.89. The molecule has 7 nitrogen and oxygen atoms in total. The van der Waals surface area contributed by atoms with Crippen LogP contribution in [0.25, 0.3) is 16.9 Å². The van der Waals surface area contributed by atoms with Gasteiger partial charge in [0.15, 0.2) is 17.3 Å². The average molecular weight is 488 g/mol. The van der Waals surface area contributed by atoms with Gasteiger partial charge >= 0.3 is 0 Å². The van der Waals surface area contributed by atoms with Crippen molar-refractivity contribution in [2.24, 2.45) is 0 Å². The van der Waals surface area contributed by atoms with Gasteiger partial charge in [0.2, 0.25) is 10.0 Å². The minimum atomic E-state index is -3.97. The molecule has 4 rings (SSSR count). The lowest BCUT2D eigenvalue weighted by Crippen LogP contribution is -2.26. The molecule has 2 heterocycles. The van der Waals surface area contributed by atoms with E-state index in [4.69, 9.17) is 19.4 Å². The van der Waals surface area contributed by atoms with E-state index >= 15 is 0 Å². The maximum absolute atomic E-state index is 13.3. The van der Waals surface area contributed by atoms with Gasteiger partial charge < -0.3 is 5.32 Å². The summed E-state index contributed by atoms with van der Waals surface area (Å²) in [4.78, 5) is 4.21. The van der Waals surface area contributed by atoms with Crippen molar-refractivity contribution in [1.82, 2.24) is 19.3 Å². The van der Waals surface area contributed by atoms with Crippen molar-refractivity contribution < 1.29 is 17.2 Å². The van der Waals surface area contributed by atoms with E-state index in [0.717, 1.165) is 17.7 Å². The molecule has 0 saturated heterocycles. The maximum Gasteiger partial charge on any atom is 0.240 e. The zero-order chi connectivity index (χ0) is 23.6. The Bertz CT molecular complexity index is 1430. The first-order valence-corrected chi connectivity index (χ1v) is 11.7. The largest absolute Gasteiger partial charge is 0.370 e. The van der Waals surface area contributed by atoms with E-state index in [2.05, 4.69) is 20.1 Å². The topological polar surface area (TPSA) is 88.4 Å². The first-order valence-electron chi connectivity index (χ1n) is 9.84. The monoisotopic (exact) mass is 487 g/mol. The summed E-state index contributed by atoms with van der Waals surface area (Å²) in [6, 6.07) is 11.4. The number of halogens is 3. The summed E-state index contributed by atoms with van der Waals surface area (Å²) in [5, 5.41) is 7.95. The van der Waals surface area contributed by atoms with E-state index in [1.807, 2.05) is 18.2 Å². The van der Waals surface area contributed by atoms with Crippen molar-refractivity contribution in [1.29, 1.82) is 0 Å². The molecule has 0 aliphatic carbocycles. The lowest BCUT2D eigenvalue weighted by molar-refractivity contribution is 0.504. The Morgan fingerprint density at radius 1 is 1.06 bits per heavy atom. The van der Waals surface area contributed by atoms with Gasteiger partial charge in [0.25, 0.3) is 0 Å². The zero-order valence-electron chi connectivity index (χ0n) is 17.1. The standard InChI is InChI=1S/C21H17BClF2N5O2S/c22-15-12-27-30-20(11-19(29-21(15)30)14-4-1-2-5-16(14)23)26-8-3-9-28-33(31,32)13-6-7-17(24)18(25)10-13/h1-2,4-7,10-12,26,28H,3,8-9H2. The summed E-state index contributed by atoms with van der Waals surface area (Å²) in [5.74, 6) is -1.75. The summed E-state index contributed by atoms with van der Waals surface area (Å²) < 4.78 is 54.8. The number of aromatic nitrogens is 3. The summed E-state index contributed by atoms with van der Waals surface area (Å²) in [5.41, 5.74) is 2.17. The van der Waals surface area contributed by atoms with Crippen molar-refractivity contribution in [2.75, 3.05) is 18.4 Å². The van der Waals surface area contributed by atoms with Crippen LogP contribution in [0.4, 0.5) is 14.6 Å². The third-order valence-corrected chi connectivity index (χ3v) is 6.59. The van der Waals surface area contributed by atoms with E-state index in [9.17, 15) is 17.2 Å². The second-order valence-corrected chi connectivity index (χ2v) is 9.27. The van der Waals surface area contributed by atoms with Crippen LogP contribution in [-0.4, -0.2) is 44.0 Å². The lowest BCUT2D eigenvalue weighted by Gasteiger charge is -2.12. The fourth-order valence-electron chi connectivity index (χ4n) is 3.15. The molecule has 0 amide bonds. The molecule has 0 aliphatic rings. The molecule has 2 radical (unpaired) electrons. The molecule has 0 unspecified atom stereocenters. The molecule has 0 spiro atoms. The average Bonchev–Trinajstić information content (AvgIpc) is 3.16. The maximum atomic E-state index is 13.3. The van der Waals surface area contributed by atoms with Gasteiger partial charge in [-0.3, -0.25) is 0 Å². The molecule has 168 valence electrons. The molecular formula is C21H17BClF2N5O2S. The lowest BCUT2D eigenvalue weighted by atomic mass is 10.0. The molecule has 2 aromatic heterocycles. The number of fused-ring (bicyclic) bond motifs is 1. The Hall–Kier alpha value is -3.02. The number of nitrogens with zero attached hydrogens (tertiary/aromatic N) is 3. The number of hydrogen-bond acceptors (Lipinski definition) is 5. The Morgan fingerprint density at radius 2 is 1.85 bits per heavy atom. The second kappa shape index (κ2) is 9.46. The number of sulfonamides is 1. The number of hydrogen-bond donors (Lipinski definition) is 2. The predicted octanol–water partition coefficient (Wildman–Crippen LogP) is 2.90. The van der Waals surface area contributed by atoms with Gasteiger partial charge in [0, 0.05) is 35.9 Å². The fraction of sp³-hybridized carbons (Fsp3) is 0.143. The van der Waals surface area contributed by atoms with Crippen molar-refractivity contribution in [3.63, 3.8) is 0 Å². The van der Waals surface area contributed by atoms with E-state index in [1.54, 1.807) is 16.6 Å². The molecule has 12 heteroatoms. The number of benzene rings is 2. The highest BCUT2D eigenvalue weighted by Crippen LogP contribution is 2.28. The van der Waals surface area contributed by atoms with Crippen LogP contribution in [0.5, 0.6) is 0 Å². The van der Waals surface area contributed by atoms with Crippen LogP contribution in [0.1, 0.15) is 6.42 Å². The minimum absolute atomic E-state index is 0.0706. The Morgan fingerprint density at radius 3 is 2.61 bits per heavy atom. The van der Waals surface area contributed by atoms with Gasteiger partial charge in [-0.2, -0.15) is 9.61 Å². The van der Waals surface area contributed by atoms with Crippen LogP contribution in [0, 0.1) is 11.6 Å². The SMILES string of the molecule is [B]c1cnn2c(NCCCNS(=O)(=O)c3ccc(F)c(F)c3)cc(-c3ccccc3Cl)nc12. The van der Waals surface area contributed by atoms with E-state index in [0.29, 0.717) is 46.7 Å². The van der Waals surface area contributed by atoms with Gasteiger partial charge in [-0.1, -0.05) is 29.8 Å². The molecule has 4 aromatic rings. The smallest absolute Gasteiger partial charge is 0.240 e. The molecule has 0 saturated carbocycles. The Balaban J connectivity index is 1.45. The van der Waals surface area contributed by atoms with Gasteiger partial charge in [-0.05, 0) is 36.1 Å². The van der Waals surface area contributed by atoms with E-state index in [1.165, 1.54) is 6.20 Å². The molecule has 0 atom stereocenters. The highest BCUT2D eigenvalue weighted by atomic mass is 35.5. The number of nitrogens with one attached hydrogen (secondary N) is 2. The molecule has 2 N–H and O–H groups in total. The van der Waals surface area contributed by atoms with Gasteiger partial charge in [0.1, 0.15) is 13.7 Å². The minimum Gasteiger partial charge on any atom is -0.370 e. The summed E-state index contributed by atoms with van der Waals surface area (Å²) in [7, 11) is 2.03. The summed E-state index contributed by atoms with van der Waals surface area (Å²) in [6.07, 6.45) is 1.88. The van der Waals surface area contributed by atoms with Crippen LogP contribution < -0.4 is 15.5 Å². The summed E-state index contributed by atoms with van der Waals surface area (Å²) >= 11 is 6.31. The van der Waals surface area contributed by atoms with Crippen molar-refractivity contribution in [2.45, 2.75) is 11.3 Å². The number of anilines is 1. The Labute approximate surface area is 195 Å². The van der Waals surface area contributed by atoms with Gasteiger partial charge in [-0.15, -0.1) is 0 Å². The highest BCUT2D eigenvalue weighted by Gasteiger charge is 2.16. The second-order valence-electron chi connectivity index (χ2n) is 7.10.